The van der Waals surface area contributed by atoms with Crippen LogP contribution in [0.3, 0.4) is 0 Å². The van der Waals surface area contributed by atoms with E-state index in [1.54, 1.807) is 0 Å². The third kappa shape index (κ3) is 2.66. The fourth-order valence-corrected chi connectivity index (χ4v) is 2.86. The summed E-state index contributed by atoms with van der Waals surface area (Å²) < 4.78 is 7.46. The van der Waals surface area contributed by atoms with Gasteiger partial charge < -0.3 is 14.4 Å². The summed E-state index contributed by atoms with van der Waals surface area (Å²) in [6, 6.07) is 2.76. The van der Waals surface area contributed by atoms with Crippen molar-refractivity contribution in [1.29, 1.82) is 0 Å². The van der Waals surface area contributed by atoms with Crippen molar-refractivity contribution in [3.8, 4) is 0 Å². The van der Waals surface area contributed by atoms with Crippen LogP contribution in [0.4, 0.5) is 0 Å². The second-order valence-corrected chi connectivity index (χ2v) is 5.79. The van der Waals surface area contributed by atoms with Crippen LogP contribution in [0.2, 0.25) is 0 Å². The van der Waals surface area contributed by atoms with Gasteiger partial charge in [0.1, 0.15) is 5.76 Å². The number of hydrogen-bond donors (Lipinski definition) is 1. The fraction of sp³-hybridized carbons (Fsp3) is 0.562. The third-order valence-corrected chi connectivity index (χ3v) is 4.17. The largest absolute Gasteiger partial charge is 0.361 e. The van der Waals surface area contributed by atoms with Crippen LogP contribution >= 0.6 is 0 Å². The lowest BCUT2D eigenvalue weighted by Crippen LogP contribution is -2.22. The lowest BCUT2D eigenvalue weighted by Gasteiger charge is -2.15. The molecule has 1 aliphatic rings. The Bertz CT molecular complexity index is 561. The van der Waals surface area contributed by atoms with E-state index in [4.69, 9.17) is 4.52 Å². The molecule has 4 nitrogen and oxygen atoms in total. The van der Waals surface area contributed by atoms with Crippen molar-refractivity contribution < 1.29 is 4.52 Å². The van der Waals surface area contributed by atoms with Gasteiger partial charge in [0.15, 0.2) is 0 Å². The Kier molecular flexibility index (Phi) is 3.66. The first-order valence-corrected chi connectivity index (χ1v) is 7.50. The normalized spacial score (nSPS) is 16.6. The quantitative estimate of drug-likeness (QED) is 0.879. The first kappa shape index (κ1) is 13.4. The van der Waals surface area contributed by atoms with Gasteiger partial charge in [-0.25, -0.2) is 0 Å². The van der Waals surface area contributed by atoms with Gasteiger partial charge in [-0.2, -0.15) is 0 Å². The predicted molar refractivity (Wildman–Crippen MR) is 78.7 cm³/mol. The van der Waals surface area contributed by atoms with Gasteiger partial charge in [0.2, 0.25) is 0 Å². The molecule has 0 bridgehead atoms. The Balaban J connectivity index is 1.76. The van der Waals surface area contributed by atoms with Crippen molar-refractivity contribution in [2.75, 3.05) is 6.54 Å². The van der Waals surface area contributed by atoms with Crippen molar-refractivity contribution in [1.82, 2.24) is 15.0 Å². The fourth-order valence-electron chi connectivity index (χ4n) is 2.86. The minimum Gasteiger partial charge on any atom is -0.361 e. The highest BCUT2D eigenvalue weighted by Gasteiger charge is 2.32. The van der Waals surface area contributed by atoms with Gasteiger partial charge in [-0.1, -0.05) is 12.1 Å². The molecule has 1 fully saturated rings. The second kappa shape index (κ2) is 5.44. The number of nitrogens with one attached hydrogen (secondary N) is 1. The maximum absolute atomic E-state index is 5.23. The number of aromatic nitrogens is 2. The van der Waals surface area contributed by atoms with E-state index in [1.165, 1.54) is 24.0 Å². The van der Waals surface area contributed by atoms with E-state index in [9.17, 15) is 0 Å². The average Bonchev–Trinajstić information content (AvgIpc) is 3.10. The van der Waals surface area contributed by atoms with Crippen molar-refractivity contribution in [3.63, 3.8) is 0 Å². The molecule has 0 radical (unpaired) electrons. The van der Waals surface area contributed by atoms with E-state index in [0.29, 0.717) is 6.04 Å². The summed E-state index contributed by atoms with van der Waals surface area (Å²) in [4.78, 5) is 0. The maximum Gasteiger partial charge on any atom is 0.138 e. The molecule has 1 N–H and O–H groups in total. The van der Waals surface area contributed by atoms with Crippen LogP contribution < -0.4 is 5.32 Å². The summed E-state index contributed by atoms with van der Waals surface area (Å²) in [6.07, 6.45) is 7.13. The van der Waals surface area contributed by atoms with E-state index in [2.05, 4.69) is 40.4 Å². The van der Waals surface area contributed by atoms with Crippen LogP contribution in [0.1, 0.15) is 48.4 Å². The summed E-state index contributed by atoms with van der Waals surface area (Å²) in [7, 11) is 0. The van der Waals surface area contributed by atoms with Gasteiger partial charge in [-0.15, -0.1) is 0 Å². The summed E-state index contributed by atoms with van der Waals surface area (Å²) >= 11 is 0. The molecule has 0 aromatic carbocycles. The molecular weight excluding hydrogens is 250 g/mol. The van der Waals surface area contributed by atoms with Crippen molar-refractivity contribution in [2.45, 2.75) is 46.2 Å². The van der Waals surface area contributed by atoms with Gasteiger partial charge in [-0.05, 0) is 50.8 Å². The zero-order valence-electron chi connectivity index (χ0n) is 12.5. The van der Waals surface area contributed by atoms with Crippen molar-refractivity contribution in [3.05, 3.63) is 41.0 Å². The highest BCUT2D eigenvalue weighted by atomic mass is 16.5. The molecule has 20 heavy (non-hydrogen) atoms. The monoisotopic (exact) mass is 273 g/mol. The molecule has 4 heteroatoms. The number of hydrogen-bond acceptors (Lipinski definition) is 3. The lowest BCUT2D eigenvalue weighted by atomic mass is 10.1. The highest BCUT2D eigenvalue weighted by molar-refractivity contribution is 5.24. The van der Waals surface area contributed by atoms with Crippen LogP contribution in [0.5, 0.6) is 0 Å². The van der Waals surface area contributed by atoms with Crippen LogP contribution in [-0.4, -0.2) is 16.3 Å². The summed E-state index contributed by atoms with van der Waals surface area (Å²) in [5.41, 5.74) is 3.59. The minimum absolute atomic E-state index is 0.519. The average molecular weight is 273 g/mol. The Morgan fingerprint density at radius 3 is 2.85 bits per heavy atom. The third-order valence-electron chi connectivity index (χ3n) is 4.17. The Labute approximate surface area is 120 Å². The van der Waals surface area contributed by atoms with Crippen LogP contribution in [-0.2, 0) is 6.54 Å². The van der Waals surface area contributed by atoms with E-state index < -0.39 is 0 Å². The molecular formula is C16H23N3O. The predicted octanol–water partition coefficient (Wildman–Crippen LogP) is 3.20. The molecule has 0 aliphatic heterocycles. The second-order valence-electron chi connectivity index (χ2n) is 5.79. The van der Waals surface area contributed by atoms with E-state index in [-0.39, 0.29) is 0 Å². The molecule has 2 aromatic rings. The molecule has 108 valence electrons. The molecule has 1 aliphatic carbocycles. The maximum atomic E-state index is 5.23. The van der Waals surface area contributed by atoms with Gasteiger partial charge in [0, 0.05) is 24.0 Å². The van der Waals surface area contributed by atoms with Crippen LogP contribution in [0, 0.1) is 19.8 Å². The van der Waals surface area contributed by atoms with E-state index in [0.717, 1.165) is 30.5 Å². The van der Waals surface area contributed by atoms with Crippen LogP contribution in [0.25, 0.3) is 0 Å². The van der Waals surface area contributed by atoms with Crippen molar-refractivity contribution >= 4 is 0 Å². The molecule has 2 heterocycles. The van der Waals surface area contributed by atoms with Gasteiger partial charge in [-0.3, -0.25) is 0 Å². The smallest absolute Gasteiger partial charge is 0.138 e. The van der Waals surface area contributed by atoms with Gasteiger partial charge in [0.05, 0.1) is 12.2 Å². The molecule has 1 unspecified atom stereocenters. The standard InChI is InChI=1S/C16H23N3O/c1-4-17-16(13-5-6-13)14-7-8-19(9-14)10-15-11(2)18-20-12(15)3/h7-9,13,16-17H,4-6,10H2,1-3H3. The summed E-state index contributed by atoms with van der Waals surface area (Å²) in [5.74, 6) is 1.74. The lowest BCUT2D eigenvalue weighted by molar-refractivity contribution is 0.392. The molecule has 1 atom stereocenters. The first-order valence-electron chi connectivity index (χ1n) is 7.50. The Morgan fingerprint density at radius 1 is 1.45 bits per heavy atom. The van der Waals surface area contributed by atoms with Gasteiger partial charge >= 0.3 is 0 Å². The highest BCUT2D eigenvalue weighted by Crippen LogP contribution is 2.41. The topological polar surface area (TPSA) is 43.0 Å². The Morgan fingerprint density at radius 2 is 2.25 bits per heavy atom. The molecule has 0 amide bonds. The molecule has 3 rings (SSSR count). The van der Waals surface area contributed by atoms with E-state index in [1.807, 2.05) is 13.8 Å². The zero-order valence-corrected chi connectivity index (χ0v) is 12.5. The van der Waals surface area contributed by atoms with Gasteiger partial charge in [0.25, 0.3) is 0 Å². The SMILES string of the molecule is CCNC(c1ccn(Cc2c(C)noc2C)c1)C1CC1. The molecule has 0 saturated heterocycles. The molecule has 1 saturated carbocycles. The van der Waals surface area contributed by atoms with Crippen molar-refractivity contribution in [2.24, 2.45) is 5.92 Å². The summed E-state index contributed by atoms with van der Waals surface area (Å²) in [5, 5.41) is 7.63. The molecule has 0 spiro atoms. The minimum atomic E-state index is 0.519. The number of aryl methyl sites for hydroxylation is 2. The number of rotatable bonds is 6. The van der Waals surface area contributed by atoms with E-state index >= 15 is 0 Å². The number of nitrogens with zero attached hydrogens (tertiary/aromatic N) is 2. The molecule has 2 aromatic heterocycles. The first-order chi connectivity index (χ1) is 9.69. The summed E-state index contributed by atoms with van der Waals surface area (Å²) in [6.45, 7) is 8.02. The van der Waals surface area contributed by atoms with Crippen LogP contribution in [0.15, 0.2) is 23.0 Å². The zero-order chi connectivity index (χ0) is 14.1. The Hall–Kier alpha value is -1.55.